The Hall–Kier alpha value is -1.86. The second-order valence-electron chi connectivity index (χ2n) is 3.14. The number of nitrogens with one attached hydrogen (secondary N) is 1. The lowest BCUT2D eigenvalue weighted by Gasteiger charge is -2.16. The topological polar surface area (TPSA) is 72.0 Å². The van der Waals surface area contributed by atoms with Gasteiger partial charge in [-0.3, -0.25) is 10.4 Å². The maximum atomic E-state index is 12.6. The van der Waals surface area contributed by atoms with Crippen LogP contribution in [0.1, 0.15) is 5.56 Å². The van der Waals surface area contributed by atoms with E-state index >= 15 is 0 Å². The minimum Gasteiger partial charge on any atom is -0.485 e. The molecule has 0 amide bonds. The average molecular weight is 251 g/mol. The van der Waals surface area contributed by atoms with Crippen molar-refractivity contribution in [1.29, 1.82) is 5.41 Å². The molecule has 0 saturated carbocycles. The molecule has 1 rings (SSSR count). The van der Waals surface area contributed by atoms with Crippen molar-refractivity contribution in [2.24, 2.45) is 5.73 Å². The molecule has 1 aromatic rings. The molecule has 4 nitrogen and oxygen atoms in total. The predicted octanol–water partition coefficient (Wildman–Crippen LogP) is 1.64. The van der Waals surface area contributed by atoms with Crippen LogP contribution in [0.4, 0.5) is 17.6 Å². The molecular weight excluding hydrogens is 242 g/mol. The molecule has 0 radical (unpaired) electrons. The first kappa shape index (κ1) is 13.2. The lowest BCUT2D eigenvalue weighted by atomic mass is 10.2. The Morgan fingerprint density at radius 3 is 2.71 bits per heavy atom. The molecule has 0 spiro atoms. The van der Waals surface area contributed by atoms with E-state index in [9.17, 15) is 17.6 Å². The van der Waals surface area contributed by atoms with Crippen molar-refractivity contribution in [1.82, 2.24) is 4.98 Å². The first-order valence-electron chi connectivity index (χ1n) is 4.42. The molecule has 0 saturated heterocycles. The number of nitrogen functional groups attached to an aromatic ring is 1. The van der Waals surface area contributed by atoms with E-state index in [4.69, 9.17) is 11.1 Å². The Morgan fingerprint density at radius 1 is 1.53 bits per heavy atom. The number of amidine groups is 1. The quantitative estimate of drug-likeness (QED) is 0.474. The minimum atomic E-state index is -4.26. The number of halogens is 4. The number of nitrogens with two attached hydrogens (primary N) is 1. The first-order chi connectivity index (χ1) is 7.84. The normalized spacial score (nSPS) is 11.6. The summed E-state index contributed by atoms with van der Waals surface area (Å²) in [4.78, 5) is 3.56. The van der Waals surface area contributed by atoms with Crippen LogP contribution in [0.2, 0.25) is 0 Å². The molecule has 17 heavy (non-hydrogen) atoms. The smallest absolute Gasteiger partial charge is 0.340 e. The van der Waals surface area contributed by atoms with E-state index in [1.165, 1.54) is 12.3 Å². The summed E-state index contributed by atoms with van der Waals surface area (Å²) >= 11 is 0. The number of aromatic nitrogens is 1. The van der Waals surface area contributed by atoms with Crippen LogP contribution in [-0.2, 0) is 0 Å². The number of pyridine rings is 1. The first-order valence-corrected chi connectivity index (χ1v) is 4.42. The summed E-state index contributed by atoms with van der Waals surface area (Å²) in [6.07, 6.45) is -1.52. The molecule has 0 fully saturated rings. The van der Waals surface area contributed by atoms with Gasteiger partial charge < -0.3 is 10.5 Å². The van der Waals surface area contributed by atoms with Crippen molar-refractivity contribution in [3.63, 3.8) is 0 Å². The number of ether oxygens (including phenoxy) is 1. The molecule has 94 valence electrons. The average Bonchev–Trinajstić information content (AvgIpc) is 2.26. The van der Waals surface area contributed by atoms with Crippen LogP contribution >= 0.6 is 0 Å². The summed E-state index contributed by atoms with van der Waals surface area (Å²) in [5, 5.41) is 7.13. The number of alkyl halides is 4. The van der Waals surface area contributed by atoms with Crippen molar-refractivity contribution in [3.05, 3.63) is 24.0 Å². The highest BCUT2D eigenvalue weighted by Crippen LogP contribution is 2.25. The highest BCUT2D eigenvalue weighted by molar-refractivity contribution is 5.97. The summed E-state index contributed by atoms with van der Waals surface area (Å²) in [6, 6.07) is 1.26. The van der Waals surface area contributed by atoms with Crippen LogP contribution in [0.3, 0.4) is 0 Å². The van der Waals surface area contributed by atoms with Crippen molar-refractivity contribution in [2.75, 3.05) is 6.61 Å². The Balaban J connectivity index is 2.79. The van der Waals surface area contributed by atoms with Crippen LogP contribution < -0.4 is 10.5 Å². The van der Waals surface area contributed by atoms with Gasteiger partial charge in [0.25, 0.3) is 0 Å². The van der Waals surface area contributed by atoms with Gasteiger partial charge >= 0.3 is 12.3 Å². The molecule has 0 aliphatic heterocycles. The number of rotatable bonds is 5. The van der Waals surface area contributed by atoms with E-state index in [1.54, 1.807) is 0 Å². The van der Waals surface area contributed by atoms with Crippen molar-refractivity contribution in [3.8, 4) is 5.75 Å². The number of hydrogen-bond acceptors (Lipinski definition) is 3. The van der Waals surface area contributed by atoms with Gasteiger partial charge in [-0.25, -0.2) is 8.78 Å². The highest BCUT2D eigenvalue weighted by atomic mass is 19.3. The van der Waals surface area contributed by atoms with Crippen LogP contribution in [0.25, 0.3) is 0 Å². The Kier molecular flexibility index (Phi) is 3.87. The molecule has 8 heteroatoms. The van der Waals surface area contributed by atoms with Gasteiger partial charge in [-0.1, -0.05) is 0 Å². The third-order valence-electron chi connectivity index (χ3n) is 1.81. The lowest BCUT2D eigenvalue weighted by molar-refractivity contribution is -0.148. The van der Waals surface area contributed by atoms with Crippen LogP contribution in [-0.4, -0.2) is 29.8 Å². The van der Waals surface area contributed by atoms with Crippen molar-refractivity contribution < 1.29 is 22.3 Å². The Labute approximate surface area is 93.9 Å². The van der Waals surface area contributed by atoms with Crippen molar-refractivity contribution in [2.45, 2.75) is 12.3 Å². The van der Waals surface area contributed by atoms with E-state index in [0.717, 1.165) is 6.20 Å². The third-order valence-corrected chi connectivity index (χ3v) is 1.81. The molecule has 0 aliphatic carbocycles. The Bertz CT molecular complexity index is 411. The number of nitrogens with zero attached hydrogens (tertiary/aromatic N) is 1. The minimum absolute atomic E-state index is 0.0186. The van der Waals surface area contributed by atoms with Gasteiger partial charge in [0.15, 0.2) is 6.61 Å². The van der Waals surface area contributed by atoms with Crippen molar-refractivity contribution >= 4 is 5.84 Å². The largest absolute Gasteiger partial charge is 0.485 e. The zero-order valence-electron chi connectivity index (χ0n) is 8.46. The summed E-state index contributed by atoms with van der Waals surface area (Å²) in [6.45, 7) is -1.50. The molecular formula is C9H9F4N3O. The van der Waals surface area contributed by atoms with Gasteiger partial charge in [0.2, 0.25) is 0 Å². The fraction of sp³-hybridized carbons (Fsp3) is 0.333. The van der Waals surface area contributed by atoms with E-state index < -0.39 is 24.8 Å². The fourth-order valence-corrected chi connectivity index (χ4v) is 0.954. The second-order valence-corrected chi connectivity index (χ2v) is 3.14. The zero-order valence-corrected chi connectivity index (χ0v) is 8.46. The lowest BCUT2D eigenvalue weighted by Crippen LogP contribution is -2.34. The summed E-state index contributed by atoms with van der Waals surface area (Å²) < 4.78 is 53.4. The van der Waals surface area contributed by atoms with Gasteiger partial charge in [-0.2, -0.15) is 8.78 Å². The van der Waals surface area contributed by atoms with Gasteiger partial charge in [0.05, 0.1) is 11.8 Å². The zero-order chi connectivity index (χ0) is 13.1. The predicted molar refractivity (Wildman–Crippen MR) is 51.7 cm³/mol. The maximum absolute atomic E-state index is 12.6. The van der Waals surface area contributed by atoms with E-state index in [-0.39, 0.29) is 11.3 Å². The van der Waals surface area contributed by atoms with Crippen LogP contribution in [0.5, 0.6) is 5.75 Å². The number of hydrogen-bond donors (Lipinski definition) is 2. The molecule has 1 aromatic heterocycles. The summed E-state index contributed by atoms with van der Waals surface area (Å²) in [5.74, 6) is -4.92. The summed E-state index contributed by atoms with van der Waals surface area (Å²) in [5.41, 5.74) is 5.17. The molecule has 0 bridgehead atoms. The monoisotopic (exact) mass is 251 g/mol. The molecule has 0 aliphatic rings. The van der Waals surface area contributed by atoms with Gasteiger partial charge in [-0.05, 0) is 6.07 Å². The van der Waals surface area contributed by atoms with Crippen LogP contribution in [0.15, 0.2) is 18.5 Å². The maximum Gasteiger partial charge on any atom is 0.340 e. The van der Waals surface area contributed by atoms with E-state index in [2.05, 4.69) is 9.72 Å². The molecule has 1 heterocycles. The third kappa shape index (κ3) is 3.30. The van der Waals surface area contributed by atoms with E-state index in [0.29, 0.717) is 0 Å². The Morgan fingerprint density at radius 2 is 2.18 bits per heavy atom. The second kappa shape index (κ2) is 4.98. The van der Waals surface area contributed by atoms with Gasteiger partial charge in [0, 0.05) is 6.20 Å². The van der Waals surface area contributed by atoms with Gasteiger partial charge in [0.1, 0.15) is 11.6 Å². The standard InChI is InChI=1S/C9H9F4N3O/c10-8(11)9(12,13)4-17-6-3-16-2-1-5(6)7(14)15/h1-3,8H,4H2,(H3,14,15). The SMILES string of the molecule is N=C(N)c1ccncc1OCC(F)(F)C(F)F. The van der Waals surface area contributed by atoms with E-state index in [1.807, 2.05) is 0 Å². The van der Waals surface area contributed by atoms with Gasteiger partial charge in [-0.15, -0.1) is 0 Å². The molecule has 0 atom stereocenters. The molecule has 3 N–H and O–H groups in total. The van der Waals surface area contributed by atoms with Crippen LogP contribution in [0, 0.1) is 5.41 Å². The fourth-order valence-electron chi connectivity index (χ4n) is 0.954. The highest BCUT2D eigenvalue weighted by Gasteiger charge is 2.41. The summed E-state index contributed by atoms with van der Waals surface area (Å²) in [7, 11) is 0. The molecule has 0 aromatic carbocycles. The molecule has 0 unspecified atom stereocenters.